The second kappa shape index (κ2) is 5.86. The summed E-state index contributed by atoms with van der Waals surface area (Å²) >= 11 is 0. The number of amides is 1. The van der Waals surface area contributed by atoms with E-state index in [0.29, 0.717) is 18.5 Å². The van der Waals surface area contributed by atoms with E-state index in [4.69, 9.17) is 0 Å². The summed E-state index contributed by atoms with van der Waals surface area (Å²) in [7, 11) is -3.25. The van der Waals surface area contributed by atoms with E-state index in [-0.39, 0.29) is 10.8 Å². The highest BCUT2D eigenvalue weighted by Crippen LogP contribution is 2.36. The van der Waals surface area contributed by atoms with Gasteiger partial charge >= 0.3 is 0 Å². The summed E-state index contributed by atoms with van der Waals surface area (Å²) < 4.78 is 22.8. The number of nitrogens with one attached hydrogen (secondary N) is 1. The van der Waals surface area contributed by atoms with E-state index >= 15 is 0 Å². The molecule has 1 saturated carbocycles. The zero-order chi connectivity index (χ0) is 15.5. The van der Waals surface area contributed by atoms with Crippen LogP contribution in [0.2, 0.25) is 0 Å². The zero-order valence-corrected chi connectivity index (χ0v) is 12.7. The molecule has 0 heterocycles. The minimum Gasteiger partial charge on any atom is -0.325 e. The third kappa shape index (κ3) is 3.42. The first kappa shape index (κ1) is 15.5. The fraction of sp³-hybridized carbons (Fsp3) is 0.467. The molecule has 1 aromatic carbocycles. The minimum absolute atomic E-state index is 0.202. The predicted molar refractivity (Wildman–Crippen MR) is 79.3 cm³/mol. The predicted octanol–water partition coefficient (Wildman–Crippen LogP) is 2.50. The molecule has 0 aromatic heterocycles. The Kier molecular flexibility index (Phi) is 4.33. The van der Waals surface area contributed by atoms with E-state index in [0.717, 1.165) is 25.5 Å². The Morgan fingerprint density at radius 2 is 1.76 bits per heavy atom. The Morgan fingerprint density at radius 3 is 2.24 bits per heavy atom. The number of sulfone groups is 1. The summed E-state index contributed by atoms with van der Waals surface area (Å²) in [5, 5.41) is 12.1. The highest BCUT2D eigenvalue weighted by Gasteiger charge is 2.39. The van der Waals surface area contributed by atoms with Gasteiger partial charge in [-0.05, 0) is 37.1 Å². The third-order valence-corrected chi connectivity index (χ3v) is 5.02. The van der Waals surface area contributed by atoms with Crippen LogP contribution < -0.4 is 5.32 Å². The number of hydrogen-bond donors (Lipinski definition) is 1. The SMILES string of the molecule is CS(=O)(=O)c1ccc(NC(=O)C2(C#N)CCCCC2)cc1. The summed E-state index contributed by atoms with van der Waals surface area (Å²) in [5.74, 6) is -0.295. The van der Waals surface area contributed by atoms with E-state index in [9.17, 15) is 18.5 Å². The van der Waals surface area contributed by atoms with E-state index < -0.39 is 15.3 Å². The minimum atomic E-state index is -3.25. The van der Waals surface area contributed by atoms with Gasteiger partial charge in [0.05, 0.1) is 11.0 Å². The Morgan fingerprint density at radius 1 is 1.19 bits per heavy atom. The summed E-state index contributed by atoms with van der Waals surface area (Å²) in [5.41, 5.74) is -0.444. The van der Waals surface area contributed by atoms with Crippen molar-refractivity contribution in [2.75, 3.05) is 11.6 Å². The lowest BCUT2D eigenvalue weighted by molar-refractivity contribution is -0.124. The summed E-state index contributed by atoms with van der Waals surface area (Å²) in [6, 6.07) is 8.15. The molecule has 0 atom stereocenters. The van der Waals surface area contributed by atoms with Gasteiger partial charge < -0.3 is 5.32 Å². The number of carbonyl (C=O) groups is 1. The Bertz CT molecular complexity index is 666. The zero-order valence-electron chi connectivity index (χ0n) is 11.9. The smallest absolute Gasteiger partial charge is 0.244 e. The molecular weight excluding hydrogens is 288 g/mol. The normalized spacial score (nSPS) is 17.7. The van der Waals surface area contributed by atoms with Crippen LogP contribution in [0.5, 0.6) is 0 Å². The van der Waals surface area contributed by atoms with Crippen LogP contribution in [0, 0.1) is 16.7 Å². The van der Waals surface area contributed by atoms with E-state index in [1.165, 1.54) is 12.1 Å². The molecule has 1 aliphatic carbocycles. The molecular formula is C15H18N2O3S. The van der Waals surface area contributed by atoms with Gasteiger partial charge in [-0.2, -0.15) is 5.26 Å². The molecule has 0 radical (unpaired) electrons. The second-order valence-electron chi connectivity index (χ2n) is 5.51. The van der Waals surface area contributed by atoms with Crippen LogP contribution in [0.4, 0.5) is 5.69 Å². The van der Waals surface area contributed by atoms with Gasteiger partial charge in [-0.15, -0.1) is 0 Å². The number of nitriles is 1. The fourth-order valence-corrected chi connectivity index (χ4v) is 3.21. The lowest BCUT2D eigenvalue weighted by atomic mass is 9.74. The number of carbonyl (C=O) groups excluding carboxylic acids is 1. The van der Waals surface area contributed by atoms with Crippen molar-refractivity contribution in [1.82, 2.24) is 0 Å². The molecule has 1 N–H and O–H groups in total. The summed E-state index contributed by atoms with van der Waals surface area (Å²) in [6.45, 7) is 0. The van der Waals surface area contributed by atoms with Crippen LogP contribution in [0.3, 0.4) is 0 Å². The van der Waals surface area contributed by atoms with Gasteiger partial charge in [-0.3, -0.25) is 4.79 Å². The molecule has 2 rings (SSSR count). The average Bonchev–Trinajstić information content (AvgIpc) is 2.47. The maximum absolute atomic E-state index is 12.4. The molecule has 1 fully saturated rings. The second-order valence-corrected chi connectivity index (χ2v) is 7.52. The van der Waals surface area contributed by atoms with Crippen molar-refractivity contribution in [3.63, 3.8) is 0 Å². The first-order valence-corrected chi connectivity index (χ1v) is 8.79. The van der Waals surface area contributed by atoms with Gasteiger partial charge in [0.1, 0.15) is 5.41 Å². The fourth-order valence-electron chi connectivity index (χ4n) is 2.58. The molecule has 1 aliphatic rings. The lowest BCUT2D eigenvalue weighted by Gasteiger charge is -2.29. The molecule has 6 heteroatoms. The van der Waals surface area contributed by atoms with Gasteiger partial charge in [-0.25, -0.2) is 8.42 Å². The van der Waals surface area contributed by atoms with E-state index in [2.05, 4.69) is 11.4 Å². The van der Waals surface area contributed by atoms with Crippen LogP contribution in [0.15, 0.2) is 29.2 Å². The van der Waals surface area contributed by atoms with Crippen LogP contribution in [-0.2, 0) is 14.6 Å². The van der Waals surface area contributed by atoms with Crippen molar-refractivity contribution in [3.8, 4) is 6.07 Å². The van der Waals surface area contributed by atoms with Crippen LogP contribution >= 0.6 is 0 Å². The molecule has 0 unspecified atom stereocenters. The summed E-state index contributed by atoms with van der Waals surface area (Å²) in [4.78, 5) is 12.6. The standard InChI is InChI=1S/C15H18N2O3S/c1-21(19,20)13-7-5-12(6-8-13)17-14(18)15(11-16)9-3-2-4-10-15/h5-8H,2-4,9-10H2,1H3,(H,17,18). The number of benzene rings is 1. The third-order valence-electron chi connectivity index (χ3n) is 3.90. The number of hydrogen-bond acceptors (Lipinski definition) is 4. The number of anilines is 1. The van der Waals surface area contributed by atoms with Gasteiger partial charge in [0.2, 0.25) is 5.91 Å². The molecule has 0 saturated heterocycles. The molecule has 21 heavy (non-hydrogen) atoms. The average molecular weight is 306 g/mol. The lowest BCUT2D eigenvalue weighted by Crippen LogP contribution is -2.36. The van der Waals surface area contributed by atoms with Crippen molar-refractivity contribution in [2.45, 2.75) is 37.0 Å². The highest BCUT2D eigenvalue weighted by molar-refractivity contribution is 7.90. The van der Waals surface area contributed by atoms with Crippen LogP contribution in [0.1, 0.15) is 32.1 Å². The van der Waals surface area contributed by atoms with Crippen molar-refractivity contribution in [1.29, 1.82) is 5.26 Å². The molecule has 1 aromatic rings. The largest absolute Gasteiger partial charge is 0.325 e. The number of nitrogens with zero attached hydrogens (tertiary/aromatic N) is 1. The molecule has 1 amide bonds. The Hall–Kier alpha value is -1.87. The number of rotatable bonds is 3. The summed E-state index contributed by atoms with van der Waals surface area (Å²) in [6.07, 6.45) is 5.11. The molecule has 112 valence electrons. The molecule has 5 nitrogen and oxygen atoms in total. The Balaban J connectivity index is 2.14. The van der Waals surface area contributed by atoms with Gasteiger partial charge in [0.15, 0.2) is 9.84 Å². The van der Waals surface area contributed by atoms with Crippen molar-refractivity contribution in [2.24, 2.45) is 5.41 Å². The first-order valence-electron chi connectivity index (χ1n) is 6.90. The first-order chi connectivity index (χ1) is 9.87. The molecule has 0 bridgehead atoms. The maximum atomic E-state index is 12.4. The van der Waals surface area contributed by atoms with Gasteiger partial charge in [0, 0.05) is 11.9 Å². The van der Waals surface area contributed by atoms with E-state index in [1.54, 1.807) is 12.1 Å². The molecule has 0 aliphatic heterocycles. The van der Waals surface area contributed by atoms with Crippen molar-refractivity contribution < 1.29 is 13.2 Å². The van der Waals surface area contributed by atoms with Crippen LogP contribution in [-0.4, -0.2) is 20.6 Å². The maximum Gasteiger partial charge on any atom is 0.244 e. The van der Waals surface area contributed by atoms with Crippen molar-refractivity contribution in [3.05, 3.63) is 24.3 Å². The van der Waals surface area contributed by atoms with E-state index in [1.807, 2.05) is 0 Å². The van der Waals surface area contributed by atoms with Gasteiger partial charge in [-0.1, -0.05) is 19.3 Å². The van der Waals surface area contributed by atoms with Crippen LogP contribution in [0.25, 0.3) is 0 Å². The molecule has 0 spiro atoms. The monoisotopic (exact) mass is 306 g/mol. The quantitative estimate of drug-likeness (QED) is 0.929. The topological polar surface area (TPSA) is 87.0 Å². The highest BCUT2D eigenvalue weighted by atomic mass is 32.2. The van der Waals surface area contributed by atoms with Gasteiger partial charge in [0.25, 0.3) is 0 Å². The Labute approximate surface area is 124 Å². The van der Waals surface area contributed by atoms with Crippen molar-refractivity contribution >= 4 is 21.4 Å².